The maximum absolute atomic E-state index is 14.0. The fourth-order valence-electron chi connectivity index (χ4n) is 6.49. The summed E-state index contributed by atoms with van der Waals surface area (Å²) >= 11 is 0. The second kappa shape index (κ2) is 12.3. The zero-order valence-corrected chi connectivity index (χ0v) is 24.2. The summed E-state index contributed by atoms with van der Waals surface area (Å²) in [5, 5.41) is 14.8. The van der Waals surface area contributed by atoms with Crippen molar-refractivity contribution >= 4 is 22.8 Å². The van der Waals surface area contributed by atoms with E-state index < -0.39 is 6.04 Å². The number of piperidine rings is 1. The average molecular weight is 567 g/mol. The number of nitrogens with zero attached hydrogens (tertiary/aromatic N) is 4. The van der Waals surface area contributed by atoms with Crippen molar-refractivity contribution in [1.82, 2.24) is 30.5 Å². The Morgan fingerprint density at radius 1 is 1.02 bits per heavy atom. The van der Waals surface area contributed by atoms with Crippen LogP contribution in [0.5, 0.6) is 5.75 Å². The Hall–Kier alpha value is -4.24. The monoisotopic (exact) mass is 566 g/mol. The van der Waals surface area contributed by atoms with E-state index in [0.29, 0.717) is 25.4 Å². The quantitative estimate of drug-likeness (QED) is 0.338. The van der Waals surface area contributed by atoms with Gasteiger partial charge in [0, 0.05) is 20.1 Å². The van der Waals surface area contributed by atoms with Gasteiger partial charge in [-0.05, 0) is 85.0 Å². The van der Waals surface area contributed by atoms with Crippen LogP contribution in [0.3, 0.4) is 0 Å². The fourth-order valence-corrected chi connectivity index (χ4v) is 6.49. The van der Waals surface area contributed by atoms with Crippen molar-refractivity contribution in [1.29, 1.82) is 0 Å². The van der Waals surface area contributed by atoms with E-state index in [9.17, 15) is 9.59 Å². The molecule has 2 aliphatic heterocycles. The number of nitrogens with one attached hydrogen (secondary N) is 2. The lowest BCUT2D eigenvalue weighted by Crippen LogP contribution is -2.54. The first-order valence-electron chi connectivity index (χ1n) is 14.8. The molecule has 0 unspecified atom stereocenters. The zero-order valence-electron chi connectivity index (χ0n) is 24.2. The first-order valence-corrected chi connectivity index (χ1v) is 14.8. The number of benzene rings is 3. The Balaban J connectivity index is 1.17. The highest BCUT2D eigenvalue weighted by molar-refractivity contribution is 5.90. The number of methoxy groups -OCH3 is 1. The molecule has 1 aromatic heterocycles. The van der Waals surface area contributed by atoms with Crippen LogP contribution in [-0.2, 0) is 29.6 Å². The lowest BCUT2D eigenvalue weighted by atomic mass is 9.86. The second-order valence-electron chi connectivity index (χ2n) is 11.6. The van der Waals surface area contributed by atoms with E-state index in [0.717, 1.165) is 48.2 Å². The molecule has 0 saturated carbocycles. The number of ether oxygens (including phenoxy) is 1. The molecule has 3 aromatic carbocycles. The van der Waals surface area contributed by atoms with Crippen molar-refractivity contribution in [2.75, 3.05) is 20.2 Å². The highest BCUT2D eigenvalue weighted by Gasteiger charge is 2.42. The van der Waals surface area contributed by atoms with Gasteiger partial charge in [0.1, 0.15) is 17.3 Å². The summed E-state index contributed by atoms with van der Waals surface area (Å²) in [5.74, 6) is 1.23. The van der Waals surface area contributed by atoms with Crippen LogP contribution in [0.2, 0.25) is 0 Å². The van der Waals surface area contributed by atoms with Crippen LogP contribution in [0.1, 0.15) is 41.9 Å². The number of aryl methyl sites for hydroxylation is 1. The lowest BCUT2D eigenvalue weighted by molar-refractivity contribution is -0.140. The first kappa shape index (κ1) is 27.9. The highest BCUT2D eigenvalue weighted by atomic mass is 16.5. The minimum Gasteiger partial charge on any atom is -0.497 e. The molecule has 218 valence electrons. The van der Waals surface area contributed by atoms with Gasteiger partial charge in [0.15, 0.2) is 0 Å². The molecule has 4 aromatic rings. The van der Waals surface area contributed by atoms with Crippen LogP contribution in [0.15, 0.2) is 72.8 Å². The number of rotatable bonds is 8. The van der Waals surface area contributed by atoms with Gasteiger partial charge < -0.3 is 20.3 Å². The number of carbonyl (C=O) groups excluding carboxylic acids is 2. The van der Waals surface area contributed by atoms with Gasteiger partial charge in [-0.3, -0.25) is 9.59 Å². The van der Waals surface area contributed by atoms with Crippen molar-refractivity contribution in [2.24, 2.45) is 13.0 Å². The van der Waals surface area contributed by atoms with E-state index in [2.05, 4.69) is 57.3 Å². The average Bonchev–Trinajstić information content (AvgIpc) is 3.63. The number of likely N-dealkylation sites (tertiary alicyclic amines) is 1. The molecule has 3 heterocycles. The van der Waals surface area contributed by atoms with Gasteiger partial charge in [-0.2, -0.15) is 0 Å². The third-order valence-corrected chi connectivity index (χ3v) is 8.77. The molecule has 2 saturated heterocycles. The summed E-state index contributed by atoms with van der Waals surface area (Å²) in [4.78, 5) is 29.6. The topological polar surface area (TPSA) is 101 Å². The summed E-state index contributed by atoms with van der Waals surface area (Å²) in [5.41, 5.74) is 5.11. The van der Waals surface area contributed by atoms with Gasteiger partial charge in [-0.1, -0.05) is 53.7 Å². The van der Waals surface area contributed by atoms with E-state index in [1.165, 1.54) is 11.1 Å². The molecular weight excluding hydrogens is 528 g/mol. The van der Waals surface area contributed by atoms with E-state index in [1.807, 2.05) is 48.3 Å². The zero-order chi connectivity index (χ0) is 29.1. The molecule has 2 fully saturated rings. The van der Waals surface area contributed by atoms with E-state index in [4.69, 9.17) is 4.74 Å². The maximum atomic E-state index is 14.0. The minimum atomic E-state index is -0.514. The molecule has 0 spiro atoms. The molecular formula is C33H38N6O3. The Bertz CT molecular complexity index is 1540. The van der Waals surface area contributed by atoms with E-state index >= 15 is 0 Å². The van der Waals surface area contributed by atoms with Gasteiger partial charge in [0.25, 0.3) is 0 Å². The number of aromatic nitrogens is 3. The third kappa shape index (κ3) is 6.01. The van der Waals surface area contributed by atoms with Gasteiger partial charge in [-0.25, -0.2) is 4.68 Å². The van der Waals surface area contributed by atoms with Gasteiger partial charge in [0.05, 0.1) is 18.7 Å². The summed E-state index contributed by atoms with van der Waals surface area (Å²) in [6.45, 7) is 1.70. The molecule has 0 bridgehead atoms. The Kier molecular flexibility index (Phi) is 8.19. The van der Waals surface area contributed by atoms with Crippen molar-refractivity contribution in [2.45, 2.75) is 50.2 Å². The number of amides is 2. The van der Waals surface area contributed by atoms with Crippen LogP contribution in [0, 0.1) is 5.92 Å². The van der Waals surface area contributed by atoms with Gasteiger partial charge >= 0.3 is 0 Å². The normalized spacial score (nSPS) is 22.3. The number of fused-ring (bicyclic) bond motifs is 1. The molecule has 9 nitrogen and oxygen atoms in total. The van der Waals surface area contributed by atoms with Crippen LogP contribution in [0.4, 0.5) is 0 Å². The fraction of sp³-hybridized carbons (Fsp3) is 0.394. The summed E-state index contributed by atoms with van der Waals surface area (Å²) in [7, 11) is 3.51. The van der Waals surface area contributed by atoms with E-state index in [1.54, 1.807) is 11.8 Å². The molecule has 2 amide bonds. The Labute approximate surface area is 246 Å². The largest absolute Gasteiger partial charge is 0.497 e. The van der Waals surface area contributed by atoms with Crippen LogP contribution >= 0.6 is 0 Å². The van der Waals surface area contributed by atoms with Crippen molar-refractivity contribution < 1.29 is 14.3 Å². The minimum absolute atomic E-state index is 0.0222. The third-order valence-electron chi connectivity index (χ3n) is 8.77. The highest BCUT2D eigenvalue weighted by Crippen LogP contribution is 2.32. The summed E-state index contributed by atoms with van der Waals surface area (Å²) < 4.78 is 7.04. The second-order valence-corrected chi connectivity index (χ2v) is 11.6. The molecule has 0 radical (unpaired) electrons. The molecule has 42 heavy (non-hydrogen) atoms. The van der Waals surface area contributed by atoms with Crippen molar-refractivity contribution in [3.63, 3.8) is 0 Å². The molecule has 9 heteroatoms. The number of hydrogen-bond donors (Lipinski definition) is 2. The standard InChI is InChI=1S/C33H38N6O3/c1-38-30-13-10-23(17-28(30)36-37-38)20-35-32(40)31-18-24(16-22-8-11-27(42-2)12-9-22)21-39(31)33(41)29-19-26(14-15-34-29)25-6-4-3-5-7-25/h3-13,17,24,26,29,31,34H,14-16,18-21H2,1-2H3,(H,35,40)/t24-,26+,29-,31+/m1/s1. The van der Waals surface area contributed by atoms with Crippen molar-refractivity contribution in [3.8, 4) is 5.75 Å². The van der Waals surface area contributed by atoms with Crippen LogP contribution in [0.25, 0.3) is 11.0 Å². The number of carbonyl (C=O) groups is 2. The lowest BCUT2D eigenvalue weighted by Gasteiger charge is -2.34. The molecule has 2 N–H and O–H groups in total. The molecule has 2 aliphatic rings. The Morgan fingerprint density at radius 2 is 1.81 bits per heavy atom. The summed E-state index contributed by atoms with van der Waals surface area (Å²) in [6, 6.07) is 23.5. The SMILES string of the molecule is COc1ccc(C[C@@H]2C[C@@H](C(=O)NCc3ccc4c(c3)nnn4C)N(C(=O)[C@H]3C[C@@H](c4ccccc4)CCN3)C2)cc1. The Morgan fingerprint density at radius 3 is 2.60 bits per heavy atom. The van der Waals surface area contributed by atoms with Crippen LogP contribution in [-0.4, -0.2) is 64.0 Å². The molecule has 4 atom stereocenters. The maximum Gasteiger partial charge on any atom is 0.243 e. The van der Waals surface area contributed by atoms with Gasteiger partial charge in [0.2, 0.25) is 11.8 Å². The van der Waals surface area contributed by atoms with Crippen LogP contribution < -0.4 is 15.4 Å². The predicted molar refractivity (Wildman–Crippen MR) is 161 cm³/mol. The first-order chi connectivity index (χ1) is 20.5. The predicted octanol–water partition coefficient (Wildman–Crippen LogP) is 3.59. The number of hydrogen-bond acceptors (Lipinski definition) is 6. The van der Waals surface area contributed by atoms with Crippen molar-refractivity contribution in [3.05, 3.63) is 89.5 Å². The summed E-state index contributed by atoms with van der Waals surface area (Å²) in [6.07, 6.45) is 3.15. The van der Waals surface area contributed by atoms with E-state index in [-0.39, 0.29) is 23.8 Å². The molecule has 6 rings (SSSR count). The molecule has 0 aliphatic carbocycles. The smallest absolute Gasteiger partial charge is 0.243 e. The van der Waals surface area contributed by atoms with Gasteiger partial charge in [-0.15, -0.1) is 5.10 Å².